The normalized spacial score (nSPS) is 17.2. The molecular formula is C39H53F2N3O7. The number of ether oxygens (including phenoxy) is 2. The number of hydrogen-bond donors (Lipinski definition) is 1. The average Bonchev–Trinajstić information content (AvgIpc) is 3.47. The molecule has 1 N–H and O–H groups in total. The van der Waals surface area contributed by atoms with Gasteiger partial charge in [0.2, 0.25) is 11.2 Å². The number of carbonyl (C=O) groups is 4. The molecule has 1 aromatic carbocycles. The van der Waals surface area contributed by atoms with Crippen molar-refractivity contribution in [2.24, 2.45) is 5.92 Å². The van der Waals surface area contributed by atoms with Gasteiger partial charge in [0, 0.05) is 37.2 Å². The van der Waals surface area contributed by atoms with Gasteiger partial charge in [-0.3, -0.25) is 24.0 Å². The quantitative estimate of drug-likeness (QED) is 0.107. The van der Waals surface area contributed by atoms with Crippen LogP contribution in [0.2, 0.25) is 0 Å². The van der Waals surface area contributed by atoms with Crippen molar-refractivity contribution in [2.45, 2.75) is 142 Å². The van der Waals surface area contributed by atoms with E-state index in [-0.39, 0.29) is 49.2 Å². The number of fused-ring (bicyclic) bond motifs is 2. The molecule has 3 heterocycles. The Morgan fingerprint density at radius 1 is 0.961 bits per heavy atom. The zero-order chi connectivity index (χ0) is 36.9. The minimum Gasteiger partial charge on any atom is -0.420 e. The van der Waals surface area contributed by atoms with E-state index in [1.165, 1.54) is 86.4 Å². The molecule has 0 bridgehead atoms. The van der Waals surface area contributed by atoms with Crippen molar-refractivity contribution in [1.29, 1.82) is 0 Å². The van der Waals surface area contributed by atoms with Crippen molar-refractivity contribution in [3.8, 4) is 5.75 Å². The molecule has 12 heteroatoms. The molecule has 0 spiro atoms. The van der Waals surface area contributed by atoms with E-state index >= 15 is 0 Å². The summed E-state index contributed by atoms with van der Waals surface area (Å²) in [6.07, 6.45) is 16.3. The second-order valence-corrected chi connectivity index (χ2v) is 14.0. The first kappa shape index (κ1) is 39.8. The van der Waals surface area contributed by atoms with Crippen LogP contribution in [0.3, 0.4) is 0 Å². The minimum absolute atomic E-state index is 0.00841. The van der Waals surface area contributed by atoms with Gasteiger partial charge in [-0.05, 0) is 19.4 Å². The number of amides is 2. The number of benzene rings is 1. The smallest absolute Gasteiger partial charge is 0.314 e. The summed E-state index contributed by atoms with van der Waals surface area (Å²) in [5, 5.41) is 2.44. The highest BCUT2D eigenvalue weighted by atomic mass is 19.1. The van der Waals surface area contributed by atoms with Gasteiger partial charge in [-0.2, -0.15) is 0 Å². The van der Waals surface area contributed by atoms with E-state index in [1.54, 1.807) is 6.92 Å². The summed E-state index contributed by atoms with van der Waals surface area (Å²) in [5.41, 5.74) is -1.65. The molecule has 2 aliphatic rings. The Bertz CT molecular complexity index is 1590. The number of nitrogens with zero attached hydrogens (tertiary/aromatic N) is 2. The van der Waals surface area contributed by atoms with Gasteiger partial charge in [-0.25, -0.2) is 8.78 Å². The number of pyridine rings is 1. The zero-order valence-electron chi connectivity index (χ0n) is 30.3. The first-order chi connectivity index (χ1) is 24.5. The van der Waals surface area contributed by atoms with Gasteiger partial charge in [-0.15, -0.1) is 0 Å². The average molecular weight is 714 g/mol. The van der Waals surface area contributed by atoms with Crippen LogP contribution in [-0.4, -0.2) is 51.9 Å². The Hall–Kier alpha value is -3.93. The number of carbonyl (C=O) groups excluding carboxylic acids is 4. The van der Waals surface area contributed by atoms with E-state index in [9.17, 15) is 32.8 Å². The number of rotatable bonds is 21. The van der Waals surface area contributed by atoms with Gasteiger partial charge in [0.05, 0.1) is 25.1 Å². The Kier molecular flexibility index (Phi) is 15.3. The molecule has 51 heavy (non-hydrogen) atoms. The molecule has 0 aliphatic carbocycles. The van der Waals surface area contributed by atoms with Crippen molar-refractivity contribution in [3.63, 3.8) is 0 Å². The van der Waals surface area contributed by atoms with Crippen LogP contribution < -0.4 is 15.5 Å². The van der Waals surface area contributed by atoms with Gasteiger partial charge in [0.1, 0.15) is 23.0 Å². The molecule has 1 fully saturated rings. The van der Waals surface area contributed by atoms with Crippen LogP contribution in [-0.2, 0) is 27.4 Å². The predicted molar refractivity (Wildman–Crippen MR) is 188 cm³/mol. The van der Waals surface area contributed by atoms with E-state index in [2.05, 4.69) is 12.2 Å². The number of esters is 1. The molecule has 3 atom stereocenters. The fourth-order valence-electron chi connectivity index (χ4n) is 6.72. The van der Waals surface area contributed by atoms with Crippen molar-refractivity contribution in [1.82, 2.24) is 14.8 Å². The van der Waals surface area contributed by atoms with Crippen molar-refractivity contribution >= 4 is 23.6 Å². The number of hydrogen-bond acceptors (Lipinski definition) is 7. The number of halogens is 2. The number of unbranched alkanes of at least 4 members (excludes halogenated alkanes) is 12. The predicted octanol–water partition coefficient (Wildman–Crippen LogP) is 7.24. The summed E-state index contributed by atoms with van der Waals surface area (Å²) in [7, 11) is 0. The highest BCUT2D eigenvalue weighted by Crippen LogP contribution is 2.30. The van der Waals surface area contributed by atoms with Crippen LogP contribution in [0.15, 0.2) is 29.2 Å². The van der Waals surface area contributed by atoms with Gasteiger partial charge < -0.3 is 24.3 Å². The lowest BCUT2D eigenvalue weighted by molar-refractivity contribution is -0.140. The molecule has 2 amide bonds. The maximum atomic E-state index is 14.2. The van der Waals surface area contributed by atoms with Gasteiger partial charge in [0.15, 0.2) is 11.9 Å². The Labute approximate surface area is 299 Å². The lowest BCUT2D eigenvalue weighted by Gasteiger charge is -2.34. The van der Waals surface area contributed by atoms with Crippen LogP contribution >= 0.6 is 0 Å². The molecule has 0 saturated carbocycles. The van der Waals surface area contributed by atoms with Crippen LogP contribution in [0.5, 0.6) is 5.75 Å². The molecule has 0 unspecified atom stereocenters. The fraction of sp³-hybridized carbons (Fsp3) is 0.615. The molecule has 1 saturated heterocycles. The third-order valence-corrected chi connectivity index (χ3v) is 9.74. The van der Waals surface area contributed by atoms with Gasteiger partial charge >= 0.3 is 5.97 Å². The van der Waals surface area contributed by atoms with E-state index in [1.807, 2.05) is 0 Å². The zero-order valence-corrected chi connectivity index (χ0v) is 30.3. The number of aromatic nitrogens is 1. The van der Waals surface area contributed by atoms with Crippen LogP contribution in [0.1, 0.15) is 143 Å². The minimum atomic E-state index is -1.00. The molecule has 2 aliphatic heterocycles. The van der Waals surface area contributed by atoms with Crippen LogP contribution in [0.25, 0.3) is 0 Å². The first-order valence-electron chi connectivity index (χ1n) is 18.7. The molecule has 4 rings (SSSR count). The second-order valence-electron chi connectivity index (χ2n) is 14.0. The lowest BCUT2D eigenvalue weighted by atomic mass is 10.00. The Morgan fingerprint density at radius 2 is 1.59 bits per heavy atom. The van der Waals surface area contributed by atoms with Crippen molar-refractivity contribution in [3.05, 3.63) is 63.1 Å². The standard InChI is InChI=1S/C39H53F2N3O7/c1-4-5-6-7-8-9-10-11-12-13-14-15-16-17-30(45)20-26(2)39(49)51-36-34-38(48)44-27(3)25-50-33(44)24-43(34)23-31(35(36)46)37(47)42-22-28-18-19-29(40)21-32(28)41/h18-19,21,23,26-27,33H,4-17,20,22,24-25H2,1-3H3,(H,42,47)/t26-,27+,33-/m1/s1. The topological polar surface area (TPSA) is 124 Å². The van der Waals surface area contributed by atoms with Gasteiger partial charge in [0.25, 0.3) is 11.8 Å². The molecule has 10 nitrogen and oxygen atoms in total. The summed E-state index contributed by atoms with van der Waals surface area (Å²) in [5.74, 6) is -5.64. The molecule has 280 valence electrons. The molecule has 0 radical (unpaired) electrons. The fourth-order valence-corrected chi connectivity index (χ4v) is 6.72. The molecule has 1 aromatic heterocycles. The van der Waals surface area contributed by atoms with Crippen LogP contribution in [0, 0.1) is 17.6 Å². The first-order valence-corrected chi connectivity index (χ1v) is 18.7. The lowest BCUT2D eigenvalue weighted by Crippen LogP contribution is -2.49. The summed E-state index contributed by atoms with van der Waals surface area (Å²) in [6, 6.07) is 2.59. The third kappa shape index (κ3) is 11.0. The summed E-state index contributed by atoms with van der Waals surface area (Å²) < 4.78 is 40.2. The monoisotopic (exact) mass is 713 g/mol. The SMILES string of the molecule is CCCCCCCCCCCCCCCC(=O)C[C@@H](C)C(=O)Oc1c2n(cc(C(=O)NCc3ccc(F)cc3F)c1=O)C[C@H]1OC[C@H](C)N1C2=O. The maximum absolute atomic E-state index is 14.2. The van der Waals surface area contributed by atoms with E-state index in [4.69, 9.17) is 9.47 Å². The van der Waals surface area contributed by atoms with Crippen molar-refractivity contribution < 1.29 is 37.4 Å². The Balaban J connectivity index is 1.33. The van der Waals surface area contributed by atoms with Crippen LogP contribution in [0.4, 0.5) is 8.78 Å². The van der Waals surface area contributed by atoms with E-state index < -0.39 is 58.3 Å². The summed E-state index contributed by atoms with van der Waals surface area (Å²) in [4.78, 5) is 68.1. The number of Topliss-reactive ketones (excluding diaryl/α,β-unsaturated/α-hetero) is 1. The number of nitrogens with one attached hydrogen (secondary N) is 1. The van der Waals surface area contributed by atoms with Gasteiger partial charge in [-0.1, -0.05) is 97.0 Å². The third-order valence-electron chi connectivity index (χ3n) is 9.74. The highest BCUT2D eigenvalue weighted by Gasteiger charge is 2.43. The highest BCUT2D eigenvalue weighted by molar-refractivity contribution is 6.00. The summed E-state index contributed by atoms with van der Waals surface area (Å²) in [6.45, 7) is 5.52. The largest absolute Gasteiger partial charge is 0.420 e. The van der Waals surface area contributed by atoms with E-state index in [0.29, 0.717) is 12.5 Å². The second kappa shape index (κ2) is 19.6. The summed E-state index contributed by atoms with van der Waals surface area (Å²) >= 11 is 0. The molecule has 2 aromatic rings. The molecular weight excluding hydrogens is 660 g/mol. The maximum Gasteiger partial charge on any atom is 0.314 e. The van der Waals surface area contributed by atoms with Crippen molar-refractivity contribution in [2.75, 3.05) is 6.61 Å². The Morgan fingerprint density at radius 3 is 2.22 bits per heavy atom. The number of ketones is 1. The van der Waals surface area contributed by atoms with E-state index in [0.717, 1.165) is 31.7 Å².